The van der Waals surface area contributed by atoms with E-state index in [4.69, 9.17) is 0 Å². The van der Waals surface area contributed by atoms with Crippen LogP contribution >= 0.6 is 0 Å². The zero-order valence-electron chi connectivity index (χ0n) is 30.7. The molecule has 0 fully saturated rings. The van der Waals surface area contributed by atoms with Crippen molar-refractivity contribution >= 4 is 43.6 Å². The molecule has 2 aromatic heterocycles. The zero-order chi connectivity index (χ0) is 39.5. The summed E-state index contributed by atoms with van der Waals surface area (Å²) in [6, 6.07) is 26.2. The van der Waals surface area contributed by atoms with E-state index in [2.05, 4.69) is 0 Å². The molecule has 0 aliphatic heterocycles. The maximum atomic E-state index is 16.1. The van der Waals surface area contributed by atoms with Crippen LogP contribution in [0.15, 0.2) is 97.1 Å². The van der Waals surface area contributed by atoms with E-state index in [0.717, 1.165) is 23.3 Å². The van der Waals surface area contributed by atoms with Crippen molar-refractivity contribution in [1.29, 1.82) is 0 Å². The normalized spacial score (nSPS) is 12.9. The summed E-state index contributed by atoms with van der Waals surface area (Å²) >= 11 is 0. The molecule has 0 unspecified atom stereocenters. The molecule has 0 atom stereocenters. The molecule has 0 aliphatic rings. The van der Waals surface area contributed by atoms with Crippen LogP contribution in [-0.2, 0) is 17.0 Å². The Bertz CT molecular complexity index is 2850. The van der Waals surface area contributed by atoms with Gasteiger partial charge in [0.2, 0.25) is 5.82 Å². The fraction of sp³-hybridized carbons (Fsp3) is 0.200. The topological polar surface area (TPSA) is 9.86 Å². The number of aromatic nitrogens is 2. The molecule has 8 rings (SSSR count). The van der Waals surface area contributed by atoms with Crippen LogP contribution in [0.2, 0.25) is 0 Å². The van der Waals surface area contributed by atoms with Crippen molar-refractivity contribution in [1.82, 2.24) is 9.13 Å². The molecule has 0 bridgehead atoms. The fourth-order valence-corrected chi connectivity index (χ4v) is 7.61. The lowest BCUT2D eigenvalue weighted by atomic mass is 9.86. The predicted octanol–water partition coefficient (Wildman–Crippen LogP) is 13.9. The average Bonchev–Trinajstić information content (AvgIpc) is 3.64. The Hall–Kier alpha value is -5.64. The molecule has 55 heavy (non-hydrogen) atoms. The second-order valence-corrected chi connectivity index (χ2v) is 16.0. The van der Waals surface area contributed by atoms with Crippen LogP contribution in [0, 0.1) is 29.1 Å². The monoisotopic (exact) mass is 754 g/mol. The Labute approximate surface area is 311 Å². The molecular formula is C45H34F8N2. The third-order valence-corrected chi connectivity index (χ3v) is 10.5. The highest BCUT2D eigenvalue weighted by molar-refractivity contribution is 6.11. The van der Waals surface area contributed by atoms with Gasteiger partial charge in [0.25, 0.3) is 0 Å². The summed E-state index contributed by atoms with van der Waals surface area (Å²) in [5.74, 6) is -11.2. The van der Waals surface area contributed by atoms with E-state index in [1.54, 1.807) is 60.7 Å². The number of alkyl halides is 3. The number of hydrogen-bond acceptors (Lipinski definition) is 0. The van der Waals surface area contributed by atoms with E-state index >= 15 is 30.7 Å². The van der Waals surface area contributed by atoms with Gasteiger partial charge in [0.15, 0.2) is 23.3 Å². The molecule has 0 aliphatic carbocycles. The van der Waals surface area contributed by atoms with Crippen molar-refractivity contribution in [3.05, 3.63) is 143 Å². The first-order chi connectivity index (χ1) is 25.8. The molecule has 0 amide bonds. The molecule has 8 aromatic rings. The largest absolute Gasteiger partial charge is 0.418 e. The minimum absolute atomic E-state index is 0.344. The number of nitrogens with zero attached hydrogens (tertiary/aromatic N) is 2. The van der Waals surface area contributed by atoms with Gasteiger partial charge in [-0.2, -0.15) is 13.2 Å². The smallest absolute Gasteiger partial charge is 0.309 e. The van der Waals surface area contributed by atoms with Crippen molar-refractivity contribution in [3.63, 3.8) is 0 Å². The van der Waals surface area contributed by atoms with Crippen molar-refractivity contribution in [2.75, 3.05) is 0 Å². The van der Waals surface area contributed by atoms with Crippen molar-refractivity contribution in [2.45, 2.75) is 58.5 Å². The standard InChI is InChI=1S/C45H34F8N2/c1-43(2,3)23-15-17-27-25-11-7-9-13-31(25)54(33(27)19-23)35-22-30(45(51,52)53)36(21-29(35)37-38(46)40(48)42(50)41(49)39(37)47)55-32-14-10-8-12-26(32)28-18-16-24(20-34(28)55)44(4,5)6/h7-22H,1-6H3. The average molecular weight is 755 g/mol. The maximum Gasteiger partial charge on any atom is 0.418 e. The number of para-hydroxylation sites is 2. The Morgan fingerprint density at radius 1 is 0.418 bits per heavy atom. The van der Waals surface area contributed by atoms with Crippen molar-refractivity contribution in [3.8, 4) is 22.5 Å². The maximum absolute atomic E-state index is 16.1. The quantitative estimate of drug-likeness (QED) is 0.0966. The highest BCUT2D eigenvalue weighted by Crippen LogP contribution is 2.47. The highest BCUT2D eigenvalue weighted by atomic mass is 19.4. The van der Waals surface area contributed by atoms with E-state index in [9.17, 15) is 4.39 Å². The van der Waals surface area contributed by atoms with E-state index in [1.807, 2.05) is 65.8 Å². The molecule has 0 saturated carbocycles. The van der Waals surface area contributed by atoms with Gasteiger partial charge in [0.1, 0.15) is 0 Å². The molecule has 280 valence electrons. The minimum atomic E-state index is -5.06. The summed E-state index contributed by atoms with van der Waals surface area (Å²) in [7, 11) is 0. The van der Waals surface area contributed by atoms with Crippen molar-refractivity contribution in [2.24, 2.45) is 0 Å². The van der Waals surface area contributed by atoms with Crippen LogP contribution in [0.4, 0.5) is 35.1 Å². The highest BCUT2D eigenvalue weighted by Gasteiger charge is 2.38. The summed E-state index contributed by atoms with van der Waals surface area (Å²) in [6.45, 7) is 11.7. The number of halogens is 8. The molecule has 0 saturated heterocycles. The second-order valence-electron chi connectivity index (χ2n) is 16.0. The van der Waals surface area contributed by atoms with Gasteiger partial charge >= 0.3 is 6.18 Å². The van der Waals surface area contributed by atoms with Crippen LogP contribution in [0.25, 0.3) is 66.1 Å². The Balaban J connectivity index is 1.62. The summed E-state index contributed by atoms with van der Waals surface area (Å²) in [5.41, 5.74) is -1.94. The molecular weight excluding hydrogens is 720 g/mol. The molecule has 0 spiro atoms. The molecule has 6 aromatic carbocycles. The number of fused-ring (bicyclic) bond motifs is 6. The lowest BCUT2D eigenvalue weighted by Gasteiger charge is -2.24. The van der Waals surface area contributed by atoms with Gasteiger partial charge in [-0.15, -0.1) is 0 Å². The fourth-order valence-electron chi connectivity index (χ4n) is 7.61. The summed E-state index contributed by atoms with van der Waals surface area (Å²) in [4.78, 5) is 0. The van der Waals surface area contributed by atoms with E-state index in [0.29, 0.717) is 43.6 Å². The van der Waals surface area contributed by atoms with Gasteiger partial charge in [-0.3, -0.25) is 0 Å². The van der Waals surface area contributed by atoms with Crippen LogP contribution in [-0.4, -0.2) is 9.13 Å². The van der Waals surface area contributed by atoms with Crippen molar-refractivity contribution < 1.29 is 35.1 Å². The number of benzene rings is 6. The second kappa shape index (κ2) is 12.2. The predicted molar refractivity (Wildman–Crippen MR) is 203 cm³/mol. The van der Waals surface area contributed by atoms with Crippen LogP contribution in [0.1, 0.15) is 58.2 Å². The van der Waals surface area contributed by atoms with Crippen LogP contribution < -0.4 is 0 Å². The van der Waals surface area contributed by atoms with Gasteiger partial charge in [-0.25, -0.2) is 22.0 Å². The van der Waals surface area contributed by atoms with E-state index in [1.165, 1.54) is 9.13 Å². The molecule has 0 radical (unpaired) electrons. The number of rotatable bonds is 3. The van der Waals surface area contributed by atoms with Gasteiger partial charge < -0.3 is 9.13 Å². The van der Waals surface area contributed by atoms with Gasteiger partial charge in [0, 0.05) is 27.1 Å². The first kappa shape index (κ1) is 36.3. The van der Waals surface area contributed by atoms with Crippen LogP contribution in [0.5, 0.6) is 0 Å². The number of hydrogen-bond donors (Lipinski definition) is 0. The van der Waals surface area contributed by atoms with Crippen LogP contribution in [0.3, 0.4) is 0 Å². The lowest BCUT2D eigenvalue weighted by molar-refractivity contribution is -0.137. The SMILES string of the molecule is CC(C)(C)c1ccc2c3ccccc3n(-c3cc(C(F)(F)F)c(-n4c5ccccc5c5ccc(C(C)(C)C)cc54)cc3-c3c(F)c(F)c(F)c(F)c3F)c2c1. The summed E-state index contributed by atoms with van der Waals surface area (Å²) < 4.78 is 127. The zero-order valence-corrected chi connectivity index (χ0v) is 30.7. The third kappa shape index (κ3) is 5.59. The lowest BCUT2D eigenvalue weighted by Crippen LogP contribution is -2.15. The third-order valence-electron chi connectivity index (χ3n) is 10.5. The Morgan fingerprint density at radius 3 is 1.25 bits per heavy atom. The molecule has 10 heteroatoms. The Morgan fingerprint density at radius 2 is 0.818 bits per heavy atom. The summed E-state index contributed by atoms with van der Waals surface area (Å²) in [5, 5.41) is 2.43. The van der Waals surface area contributed by atoms with E-state index in [-0.39, 0.29) is 0 Å². The Kier molecular flexibility index (Phi) is 8.05. The van der Waals surface area contributed by atoms with E-state index < -0.39 is 74.2 Å². The minimum Gasteiger partial charge on any atom is -0.309 e. The molecule has 2 nitrogen and oxygen atoms in total. The molecule has 0 N–H and O–H groups in total. The van der Waals surface area contributed by atoms with Gasteiger partial charge in [0.05, 0.1) is 44.6 Å². The first-order valence-corrected chi connectivity index (χ1v) is 17.6. The first-order valence-electron chi connectivity index (χ1n) is 17.6. The summed E-state index contributed by atoms with van der Waals surface area (Å²) in [6.07, 6.45) is -5.06. The van der Waals surface area contributed by atoms with Gasteiger partial charge in [-0.05, 0) is 58.4 Å². The molecule has 2 heterocycles. The van der Waals surface area contributed by atoms with Gasteiger partial charge in [-0.1, -0.05) is 102 Å².